The van der Waals surface area contributed by atoms with Crippen molar-refractivity contribution in [1.29, 1.82) is 0 Å². The minimum Gasteiger partial charge on any atom is -0.424 e. The van der Waals surface area contributed by atoms with Crippen molar-refractivity contribution in [1.82, 2.24) is 19.9 Å². The molecule has 0 aliphatic carbocycles. The summed E-state index contributed by atoms with van der Waals surface area (Å²) in [6.07, 6.45) is 1.84. The number of thiazole rings is 1. The highest BCUT2D eigenvalue weighted by molar-refractivity contribution is 7.15. The fourth-order valence-electron chi connectivity index (χ4n) is 2.63. The molecule has 0 atom stereocenters. The van der Waals surface area contributed by atoms with Gasteiger partial charge in [-0.3, -0.25) is 10.1 Å². The third-order valence-electron chi connectivity index (χ3n) is 3.99. The first-order valence-corrected chi connectivity index (χ1v) is 10.9. The predicted molar refractivity (Wildman–Crippen MR) is 125 cm³/mol. The third-order valence-corrected chi connectivity index (χ3v) is 5.64. The number of aromatic nitrogens is 4. The first-order chi connectivity index (χ1) is 15.4. The number of nitrogens with zero attached hydrogens (tertiary/aromatic N) is 4. The summed E-state index contributed by atoms with van der Waals surface area (Å²) in [5.74, 6) is 1.04. The SMILES string of the molecule is Cc1nc(Nc2ncc(CC(=O)Nc3ccccc3)s2)nc(Oc2ccc(Cl)c(Cl)c2)n1. The molecule has 1 amide bonds. The quantitative estimate of drug-likeness (QED) is 0.347. The van der Waals surface area contributed by atoms with Crippen molar-refractivity contribution in [3.05, 3.63) is 75.5 Å². The zero-order chi connectivity index (χ0) is 22.5. The van der Waals surface area contributed by atoms with Crippen LogP contribution < -0.4 is 15.4 Å². The van der Waals surface area contributed by atoms with E-state index in [0.29, 0.717) is 26.8 Å². The van der Waals surface area contributed by atoms with E-state index in [1.54, 1.807) is 31.3 Å². The van der Waals surface area contributed by atoms with Crippen molar-refractivity contribution < 1.29 is 9.53 Å². The molecule has 4 aromatic rings. The van der Waals surface area contributed by atoms with Crippen LogP contribution in [0.5, 0.6) is 11.8 Å². The van der Waals surface area contributed by atoms with Crippen LogP contribution in [0.2, 0.25) is 10.0 Å². The minimum absolute atomic E-state index is 0.0948. The molecule has 0 fully saturated rings. The number of hydrogen-bond acceptors (Lipinski definition) is 8. The standard InChI is InChI=1S/C21H16Cl2N6O2S/c1-12-25-19(28-20(26-12)31-14-7-8-16(22)17(23)9-14)29-21-24-11-15(32-21)10-18(30)27-13-5-3-2-4-6-13/h2-9,11H,10H2,1H3,(H,27,30)(H,24,25,26,28,29). The molecule has 162 valence electrons. The molecule has 2 heterocycles. The molecule has 0 spiro atoms. The summed E-state index contributed by atoms with van der Waals surface area (Å²) in [6, 6.07) is 14.2. The number of rotatable bonds is 7. The lowest BCUT2D eigenvalue weighted by Crippen LogP contribution is -2.13. The summed E-state index contributed by atoms with van der Waals surface area (Å²) >= 11 is 13.3. The Bertz CT molecular complexity index is 1250. The molecular formula is C21H16Cl2N6O2S. The summed E-state index contributed by atoms with van der Waals surface area (Å²) in [6.45, 7) is 1.72. The van der Waals surface area contributed by atoms with Crippen LogP contribution in [-0.2, 0) is 11.2 Å². The van der Waals surface area contributed by atoms with Crippen molar-refractivity contribution in [3.8, 4) is 11.8 Å². The Morgan fingerprint density at radius 3 is 2.66 bits per heavy atom. The number of amides is 1. The second-order valence-corrected chi connectivity index (χ2v) is 8.44. The Balaban J connectivity index is 1.41. The second-order valence-electron chi connectivity index (χ2n) is 6.51. The number of aryl methyl sites for hydroxylation is 1. The maximum absolute atomic E-state index is 12.2. The van der Waals surface area contributed by atoms with Gasteiger partial charge in [-0.15, -0.1) is 11.3 Å². The maximum Gasteiger partial charge on any atom is 0.327 e. The Hall–Kier alpha value is -3.27. The van der Waals surface area contributed by atoms with E-state index in [-0.39, 0.29) is 24.3 Å². The van der Waals surface area contributed by atoms with Gasteiger partial charge in [0, 0.05) is 22.8 Å². The number of carbonyl (C=O) groups is 1. The molecule has 11 heteroatoms. The van der Waals surface area contributed by atoms with E-state index in [0.717, 1.165) is 10.6 Å². The Morgan fingerprint density at radius 1 is 1.06 bits per heavy atom. The Kier molecular flexibility index (Phi) is 6.79. The molecule has 2 N–H and O–H groups in total. The van der Waals surface area contributed by atoms with E-state index >= 15 is 0 Å². The molecule has 0 radical (unpaired) electrons. The zero-order valence-corrected chi connectivity index (χ0v) is 19.0. The van der Waals surface area contributed by atoms with Crippen LogP contribution in [0, 0.1) is 6.92 Å². The number of anilines is 3. The van der Waals surface area contributed by atoms with Gasteiger partial charge in [0.1, 0.15) is 11.6 Å². The largest absolute Gasteiger partial charge is 0.424 e. The van der Waals surface area contributed by atoms with E-state index in [9.17, 15) is 4.79 Å². The Labute approximate surface area is 197 Å². The summed E-state index contributed by atoms with van der Waals surface area (Å²) in [4.78, 5) is 30.0. The van der Waals surface area contributed by atoms with Crippen molar-refractivity contribution in [2.24, 2.45) is 0 Å². The van der Waals surface area contributed by atoms with E-state index in [1.165, 1.54) is 11.3 Å². The molecule has 0 aliphatic rings. The van der Waals surface area contributed by atoms with Crippen LogP contribution in [-0.4, -0.2) is 25.8 Å². The van der Waals surface area contributed by atoms with Crippen LogP contribution in [0.4, 0.5) is 16.8 Å². The van der Waals surface area contributed by atoms with Gasteiger partial charge in [-0.25, -0.2) is 4.98 Å². The molecule has 8 nitrogen and oxygen atoms in total. The number of para-hydroxylation sites is 1. The molecule has 0 saturated heterocycles. The van der Waals surface area contributed by atoms with Crippen LogP contribution in [0.1, 0.15) is 10.7 Å². The number of hydrogen-bond donors (Lipinski definition) is 2. The Morgan fingerprint density at radius 2 is 1.88 bits per heavy atom. The van der Waals surface area contributed by atoms with E-state index in [4.69, 9.17) is 27.9 Å². The van der Waals surface area contributed by atoms with Gasteiger partial charge in [0.05, 0.1) is 16.5 Å². The van der Waals surface area contributed by atoms with E-state index in [2.05, 4.69) is 30.6 Å². The highest BCUT2D eigenvalue weighted by Gasteiger charge is 2.12. The lowest BCUT2D eigenvalue weighted by molar-refractivity contribution is -0.115. The molecule has 2 aromatic carbocycles. The van der Waals surface area contributed by atoms with Crippen LogP contribution >= 0.6 is 34.5 Å². The molecule has 4 rings (SSSR count). The predicted octanol–water partition coefficient (Wildman–Crippen LogP) is 5.66. The van der Waals surface area contributed by atoms with Crippen LogP contribution in [0.3, 0.4) is 0 Å². The van der Waals surface area contributed by atoms with Crippen molar-refractivity contribution >= 4 is 57.2 Å². The van der Waals surface area contributed by atoms with Gasteiger partial charge < -0.3 is 10.1 Å². The second kappa shape index (κ2) is 9.90. The average Bonchev–Trinajstić information content (AvgIpc) is 3.17. The average molecular weight is 487 g/mol. The number of halogens is 2. The molecule has 32 heavy (non-hydrogen) atoms. The van der Waals surface area contributed by atoms with Gasteiger partial charge in [-0.2, -0.15) is 15.0 Å². The van der Waals surface area contributed by atoms with Gasteiger partial charge in [-0.05, 0) is 31.2 Å². The smallest absolute Gasteiger partial charge is 0.327 e. The normalized spacial score (nSPS) is 10.6. The van der Waals surface area contributed by atoms with Crippen molar-refractivity contribution in [3.63, 3.8) is 0 Å². The van der Waals surface area contributed by atoms with Gasteiger partial charge in [0.25, 0.3) is 0 Å². The first-order valence-electron chi connectivity index (χ1n) is 9.37. The van der Waals surface area contributed by atoms with E-state index in [1.807, 2.05) is 30.3 Å². The van der Waals surface area contributed by atoms with Crippen molar-refractivity contribution in [2.45, 2.75) is 13.3 Å². The highest BCUT2D eigenvalue weighted by atomic mass is 35.5. The maximum atomic E-state index is 12.2. The summed E-state index contributed by atoms with van der Waals surface area (Å²) in [7, 11) is 0. The number of ether oxygens (including phenoxy) is 1. The number of carbonyl (C=O) groups excluding carboxylic acids is 1. The summed E-state index contributed by atoms with van der Waals surface area (Å²) in [5, 5.41) is 7.19. The molecular weight excluding hydrogens is 471 g/mol. The topological polar surface area (TPSA) is 102 Å². The van der Waals surface area contributed by atoms with Crippen molar-refractivity contribution in [2.75, 3.05) is 10.6 Å². The fourth-order valence-corrected chi connectivity index (χ4v) is 3.72. The molecule has 0 bridgehead atoms. The van der Waals surface area contributed by atoms with Gasteiger partial charge in [0.15, 0.2) is 5.13 Å². The fraction of sp³-hybridized carbons (Fsp3) is 0.0952. The number of benzene rings is 2. The summed E-state index contributed by atoms with van der Waals surface area (Å²) in [5.41, 5.74) is 0.746. The molecule has 0 aliphatic heterocycles. The zero-order valence-electron chi connectivity index (χ0n) is 16.7. The summed E-state index contributed by atoms with van der Waals surface area (Å²) < 4.78 is 5.67. The third kappa shape index (κ3) is 5.91. The lowest BCUT2D eigenvalue weighted by Gasteiger charge is -2.07. The molecule has 2 aromatic heterocycles. The minimum atomic E-state index is -0.125. The van der Waals surface area contributed by atoms with Gasteiger partial charge >= 0.3 is 6.01 Å². The molecule has 0 saturated carbocycles. The van der Waals surface area contributed by atoms with Gasteiger partial charge in [0.2, 0.25) is 11.9 Å². The first kappa shape index (κ1) is 21.9. The highest BCUT2D eigenvalue weighted by Crippen LogP contribution is 2.29. The molecule has 0 unspecified atom stereocenters. The number of nitrogens with one attached hydrogen (secondary N) is 2. The van der Waals surface area contributed by atoms with Crippen LogP contribution in [0.25, 0.3) is 0 Å². The monoisotopic (exact) mass is 486 g/mol. The lowest BCUT2D eigenvalue weighted by atomic mass is 10.3. The van der Waals surface area contributed by atoms with Gasteiger partial charge in [-0.1, -0.05) is 41.4 Å². The van der Waals surface area contributed by atoms with E-state index < -0.39 is 0 Å². The van der Waals surface area contributed by atoms with Crippen LogP contribution in [0.15, 0.2) is 54.7 Å².